The molecule has 1 amide bonds. The lowest BCUT2D eigenvalue weighted by atomic mass is 10.2. The van der Waals surface area contributed by atoms with E-state index in [9.17, 15) is 4.79 Å². The maximum Gasteiger partial charge on any atom is 0.243 e. The Morgan fingerprint density at radius 1 is 1.36 bits per heavy atom. The first-order chi connectivity index (χ1) is 6.66. The zero-order valence-electron chi connectivity index (χ0n) is 8.79. The Labute approximate surface area is 100.0 Å². The summed E-state index contributed by atoms with van der Waals surface area (Å²) in [6.45, 7) is 4.90. The second-order valence-electron chi connectivity index (χ2n) is 3.48. The molecule has 0 aromatic heterocycles. The summed E-state index contributed by atoms with van der Waals surface area (Å²) in [5.41, 5.74) is 0. The maximum absolute atomic E-state index is 11.2. The fourth-order valence-corrected chi connectivity index (χ4v) is 1.17. The van der Waals surface area contributed by atoms with Gasteiger partial charge >= 0.3 is 0 Å². The molecular formula is C11H18INO. The summed E-state index contributed by atoms with van der Waals surface area (Å²) in [6, 6.07) is 0. The molecule has 0 radical (unpaired) electrons. The van der Waals surface area contributed by atoms with Crippen LogP contribution in [0.25, 0.3) is 0 Å². The molecule has 14 heavy (non-hydrogen) atoms. The van der Waals surface area contributed by atoms with E-state index >= 15 is 0 Å². The van der Waals surface area contributed by atoms with E-state index in [0.29, 0.717) is 5.92 Å². The Hall–Kier alpha value is -0.320. The van der Waals surface area contributed by atoms with Crippen LogP contribution in [0.1, 0.15) is 26.7 Å². The summed E-state index contributed by atoms with van der Waals surface area (Å²) in [4.78, 5) is 11.2. The highest BCUT2D eigenvalue weighted by Crippen LogP contribution is 1.95. The van der Waals surface area contributed by atoms with Gasteiger partial charge in [-0.3, -0.25) is 4.79 Å². The molecule has 0 unspecified atom stereocenters. The third-order valence-electron chi connectivity index (χ3n) is 1.54. The van der Waals surface area contributed by atoms with Crippen LogP contribution in [0.5, 0.6) is 0 Å². The molecule has 0 aliphatic rings. The van der Waals surface area contributed by atoms with Crippen molar-refractivity contribution in [3.63, 3.8) is 0 Å². The highest BCUT2D eigenvalue weighted by Gasteiger charge is 1.95. The standard InChI is InChI=1S/C11H18INO/c1-10(2)9-13-11(14)7-5-3-4-6-8-12/h5-8,10H,3-4,9H2,1-2H3,(H,13,14)/b7-5+,8-6+. The van der Waals surface area contributed by atoms with Crippen LogP contribution in [-0.4, -0.2) is 12.5 Å². The lowest BCUT2D eigenvalue weighted by molar-refractivity contribution is -0.116. The summed E-state index contributed by atoms with van der Waals surface area (Å²) in [5, 5.41) is 2.83. The molecule has 0 atom stereocenters. The van der Waals surface area contributed by atoms with Crippen LogP contribution in [-0.2, 0) is 4.79 Å². The Morgan fingerprint density at radius 2 is 2.00 bits per heavy atom. The lowest BCUT2D eigenvalue weighted by Gasteiger charge is -2.03. The van der Waals surface area contributed by atoms with E-state index in [1.165, 1.54) is 0 Å². The van der Waals surface area contributed by atoms with Crippen LogP contribution >= 0.6 is 22.6 Å². The minimum Gasteiger partial charge on any atom is -0.352 e. The largest absolute Gasteiger partial charge is 0.352 e. The van der Waals surface area contributed by atoms with Crippen molar-refractivity contribution in [2.24, 2.45) is 5.92 Å². The second kappa shape index (κ2) is 9.24. The molecule has 0 rings (SSSR count). The number of carbonyl (C=O) groups is 1. The number of allylic oxidation sites excluding steroid dienone is 2. The molecule has 0 fully saturated rings. The van der Waals surface area contributed by atoms with Crippen molar-refractivity contribution in [2.45, 2.75) is 26.7 Å². The summed E-state index contributed by atoms with van der Waals surface area (Å²) in [7, 11) is 0. The van der Waals surface area contributed by atoms with Crippen LogP contribution in [0.2, 0.25) is 0 Å². The first kappa shape index (κ1) is 13.7. The van der Waals surface area contributed by atoms with Gasteiger partial charge in [0.1, 0.15) is 0 Å². The summed E-state index contributed by atoms with van der Waals surface area (Å²) >= 11 is 2.19. The number of amides is 1. The maximum atomic E-state index is 11.2. The van der Waals surface area contributed by atoms with Gasteiger partial charge in [0, 0.05) is 6.54 Å². The highest BCUT2D eigenvalue weighted by atomic mass is 127. The second-order valence-corrected chi connectivity index (χ2v) is 4.20. The van der Waals surface area contributed by atoms with Crippen molar-refractivity contribution in [2.75, 3.05) is 6.54 Å². The molecule has 0 aromatic rings. The monoisotopic (exact) mass is 307 g/mol. The molecule has 2 nitrogen and oxygen atoms in total. The van der Waals surface area contributed by atoms with E-state index < -0.39 is 0 Å². The first-order valence-corrected chi connectivity index (χ1v) is 6.11. The molecular weight excluding hydrogens is 289 g/mol. The third-order valence-corrected chi connectivity index (χ3v) is 2.05. The van der Waals surface area contributed by atoms with Crippen LogP contribution in [0.3, 0.4) is 0 Å². The summed E-state index contributed by atoms with van der Waals surface area (Å²) in [6.07, 6.45) is 7.53. The average Bonchev–Trinajstić information content (AvgIpc) is 2.14. The van der Waals surface area contributed by atoms with E-state index in [4.69, 9.17) is 0 Å². The van der Waals surface area contributed by atoms with Crippen molar-refractivity contribution < 1.29 is 4.79 Å². The number of hydrogen-bond acceptors (Lipinski definition) is 1. The van der Waals surface area contributed by atoms with Crippen LogP contribution in [0, 0.1) is 5.92 Å². The third kappa shape index (κ3) is 9.77. The Bertz CT molecular complexity index is 209. The van der Waals surface area contributed by atoms with Crippen LogP contribution in [0.4, 0.5) is 0 Å². The predicted molar refractivity (Wildman–Crippen MR) is 69.4 cm³/mol. The Balaban J connectivity index is 3.50. The number of halogens is 1. The van der Waals surface area contributed by atoms with Gasteiger partial charge in [0.05, 0.1) is 0 Å². The molecule has 0 saturated carbocycles. The average molecular weight is 307 g/mol. The van der Waals surface area contributed by atoms with E-state index in [0.717, 1.165) is 19.4 Å². The van der Waals surface area contributed by atoms with E-state index in [1.54, 1.807) is 6.08 Å². The van der Waals surface area contributed by atoms with Gasteiger partial charge in [-0.15, -0.1) is 0 Å². The van der Waals surface area contributed by atoms with Crippen molar-refractivity contribution in [3.8, 4) is 0 Å². The predicted octanol–water partition coefficient (Wildman–Crippen LogP) is 3.04. The van der Waals surface area contributed by atoms with E-state index in [2.05, 4.69) is 47.8 Å². The molecule has 0 spiro atoms. The lowest BCUT2D eigenvalue weighted by Crippen LogP contribution is -2.25. The zero-order valence-corrected chi connectivity index (χ0v) is 11.0. The number of carbonyl (C=O) groups excluding carboxylic acids is 1. The zero-order chi connectivity index (χ0) is 10.8. The minimum atomic E-state index is 0.0113. The highest BCUT2D eigenvalue weighted by molar-refractivity contribution is 14.1. The molecule has 1 N–H and O–H groups in total. The molecule has 0 aliphatic heterocycles. The fourth-order valence-electron chi connectivity index (χ4n) is 0.809. The van der Waals surface area contributed by atoms with Crippen molar-refractivity contribution in [1.82, 2.24) is 5.32 Å². The number of hydrogen-bond donors (Lipinski definition) is 1. The Morgan fingerprint density at radius 3 is 2.57 bits per heavy atom. The van der Waals surface area contributed by atoms with E-state index in [1.807, 2.05) is 10.2 Å². The topological polar surface area (TPSA) is 29.1 Å². The minimum absolute atomic E-state index is 0.0113. The molecule has 0 bridgehead atoms. The molecule has 0 aliphatic carbocycles. The van der Waals surface area contributed by atoms with Gasteiger partial charge in [-0.25, -0.2) is 0 Å². The molecule has 0 aromatic carbocycles. The van der Waals surface area contributed by atoms with Crippen molar-refractivity contribution in [3.05, 3.63) is 22.3 Å². The quantitative estimate of drug-likeness (QED) is 0.456. The molecule has 80 valence electrons. The van der Waals surface area contributed by atoms with Gasteiger partial charge in [0.15, 0.2) is 0 Å². The van der Waals surface area contributed by atoms with Gasteiger partial charge in [-0.2, -0.15) is 0 Å². The van der Waals surface area contributed by atoms with Gasteiger partial charge in [-0.1, -0.05) is 48.6 Å². The normalized spacial score (nSPS) is 11.7. The fraction of sp³-hybridized carbons (Fsp3) is 0.545. The van der Waals surface area contributed by atoms with E-state index in [-0.39, 0.29) is 5.91 Å². The first-order valence-electron chi connectivity index (χ1n) is 4.86. The van der Waals surface area contributed by atoms with Gasteiger partial charge in [0.25, 0.3) is 0 Å². The summed E-state index contributed by atoms with van der Waals surface area (Å²) in [5.74, 6) is 0.520. The van der Waals surface area contributed by atoms with Crippen molar-refractivity contribution in [1.29, 1.82) is 0 Å². The van der Waals surface area contributed by atoms with Crippen molar-refractivity contribution >= 4 is 28.5 Å². The van der Waals surface area contributed by atoms with Gasteiger partial charge < -0.3 is 5.32 Å². The molecule has 3 heteroatoms. The molecule has 0 heterocycles. The Kier molecular flexibility index (Phi) is 9.03. The smallest absolute Gasteiger partial charge is 0.243 e. The number of nitrogens with one attached hydrogen (secondary N) is 1. The van der Waals surface area contributed by atoms with Gasteiger partial charge in [0.2, 0.25) is 5.91 Å². The number of unbranched alkanes of at least 4 members (excludes halogenated alkanes) is 1. The number of rotatable bonds is 6. The van der Waals surface area contributed by atoms with Gasteiger partial charge in [-0.05, 0) is 28.9 Å². The van der Waals surface area contributed by atoms with Crippen LogP contribution < -0.4 is 5.32 Å². The molecule has 0 saturated heterocycles. The van der Waals surface area contributed by atoms with Crippen LogP contribution in [0.15, 0.2) is 22.3 Å². The SMILES string of the molecule is CC(C)CNC(=O)/C=C/CC/C=C/I. The summed E-state index contributed by atoms with van der Waals surface area (Å²) < 4.78 is 1.99.